The number of aryl methyl sites for hydroxylation is 1. The summed E-state index contributed by atoms with van der Waals surface area (Å²) in [7, 11) is 1.62. The van der Waals surface area contributed by atoms with Gasteiger partial charge < -0.3 is 15.0 Å². The third-order valence-electron chi connectivity index (χ3n) is 6.29. The number of nitrogens with zero attached hydrogens (tertiary/aromatic N) is 1. The molecule has 3 aromatic rings. The summed E-state index contributed by atoms with van der Waals surface area (Å²) in [6.45, 7) is 4.62. The number of nitrogens with one attached hydrogen (secondary N) is 1. The normalized spacial score (nSPS) is 17.6. The molecule has 0 aliphatic carbocycles. The van der Waals surface area contributed by atoms with Gasteiger partial charge in [-0.25, -0.2) is 0 Å². The molecule has 5 heteroatoms. The molecule has 1 aliphatic heterocycles. The van der Waals surface area contributed by atoms with E-state index in [1.807, 2.05) is 86.6 Å². The van der Waals surface area contributed by atoms with Crippen molar-refractivity contribution in [1.82, 2.24) is 10.2 Å². The summed E-state index contributed by atoms with van der Waals surface area (Å²) in [5, 5.41) is 3.08. The SMILES string of the molecule is COc1cccc(CN2C(=O)c3ccccc3C[C@]2(C)C(=O)NCc2ccccc2C)c1. The molecule has 3 aromatic carbocycles. The number of carbonyl (C=O) groups is 2. The molecule has 0 spiro atoms. The van der Waals surface area contributed by atoms with E-state index >= 15 is 0 Å². The lowest BCUT2D eigenvalue weighted by Crippen LogP contribution is -2.62. The van der Waals surface area contributed by atoms with E-state index in [1.165, 1.54) is 0 Å². The fourth-order valence-electron chi connectivity index (χ4n) is 4.30. The lowest BCUT2D eigenvalue weighted by atomic mass is 9.82. The summed E-state index contributed by atoms with van der Waals surface area (Å²) >= 11 is 0. The van der Waals surface area contributed by atoms with Gasteiger partial charge in [0, 0.05) is 25.1 Å². The summed E-state index contributed by atoms with van der Waals surface area (Å²) in [6, 6.07) is 23.1. The first-order valence-corrected chi connectivity index (χ1v) is 10.8. The first-order valence-electron chi connectivity index (χ1n) is 10.8. The van der Waals surface area contributed by atoms with Gasteiger partial charge in [0.2, 0.25) is 5.91 Å². The fourth-order valence-corrected chi connectivity index (χ4v) is 4.30. The van der Waals surface area contributed by atoms with Crippen molar-refractivity contribution in [2.45, 2.75) is 38.9 Å². The van der Waals surface area contributed by atoms with Gasteiger partial charge in [-0.3, -0.25) is 9.59 Å². The molecule has 4 rings (SSSR count). The number of fused-ring (bicyclic) bond motifs is 1. The smallest absolute Gasteiger partial charge is 0.255 e. The highest BCUT2D eigenvalue weighted by molar-refractivity contribution is 6.02. The number of amides is 2. The molecule has 2 amide bonds. The first kappa shape index (κ1) is 21.6. The van der Waals surface area contributed by atoms with Crippen molar-refractivity contribution in [2.24, 2.45) is 0 Å². The van der Waals surface area contributed by atoms with Crippen LogP contribution < -0.4 is 10.1 Å². The number of hydrogen-bond acceptors (Lipinski definition) is 3. The van der Waals surface area contributed by atoms with Crippen LogP contribution in [0.15, 0.2) is 72.8 Å². The van der Waals surface area contributed by atoms with Gasteiger partial charge in [0.1, 0.15) is 11.3 Å². The van der Waals surface area contributed by atoms with Gasteiger partial charge in [0.25, 0.3) is 5.91 Å². The van der Waals surface area contributed by atoms with Gasteiger partial charge in [0.05, 0.1) is 7.11 Å². The Bertz CT molecular complexity index is 1160. The molecule has 0 aromatic heterocycles. The Morgan fingerprint density at radius 2 is 1.81 bits per heavy atom. The van der Waals surface area contributed by atoms with Crippen molar-refractivity contribution in [1.29, 1.82) is 0 Å². The van der Waals surface area contributed by atoms with E-state index in [-0.39, 0.29) is 11.8 Å². The molecule has 0 radical (unpaired) electrons. The van der Waals surface area contributed by atoms with E-state index in [0.717, 1.165) is 28.0 Å². The molecular weight excluding hydrogens is 400 g/mol. The number of hydrogen-bond donors (Lipinski definition) is 1. The van der Waals surface area contributed by atoms with Gasteiger partial charge in [-0.1, -0.05) is 54.6 Å². The van der Waals surface area contributed by atoms with Crippen LogP contribution >= 0.6 is 0 Å². The van der Waals surface area contributed by atoms with Crippen molar-refractivity contribution >= 4 is 11.8 Å². The maximum atomic E-state index is 13.6. The van der Waals surface area contributed by atoms with Crippen LogP contribution in [0.3, 0.4) is 0 Å². The summed E-state index contributed by atoms with van der Waals surface area (Å²) in [6.07, 6.45) is 0.457. The maximum Gasteiger partial charge on any atom is 0.255 e. The van der Waals surface area contributed by atoms with Crippen LogP contribution in [0, 0.1) is 6.92 Å². The van der Waals surface area contributed by atoms with Crippen LogP contribution in [-0.4, -0.2) is 29.4 Å². The average molecular weight is 429 g/mol. The van der Waals surface area contributed by atoms with E-state index in [0.29, 0.717) is 25.1 Å². The van der Waals surface area contributed by atoms with Gasteiger partial charge in [-0.05, 0) is 54.3 Å². The zero-order valence-corrected chi connectivity index (χ0v) is 18.7. The quantitative estimate of drug-likeness (QED) is 0.638. The predicted octanol–water partition coefficient (Wildman–Crippen LogP) is 4.28. The Labute approximate surface area is 189 Å². The second-order valence-electron chi connectivity index (χ2n) is 8.46. The predicted molar refractivity (Wildman–Crippen MR) is 124 cm³/mol. The highest BCUT2D eigenvalue weighted by atomic mass is 16.5. The highest BCUT2D eigenvalue weighted by Gasteiger charge is 2.46. The first-order chi connectivity index (χ1) is 15.4. The molecule has 32 heavy (non-hydrogen) atoms. The molecule has 1 atom stereocenters. The summed E-state index contributed by atoms with van der Waals surface area (Å²) in [4.78, 5) is 28.8. The van der Waals surface area contributed by atoms with Crippen molar-refractivity contribution < 1.29 is 14.3 Å². The van der Waals surface area contributed by atoms with Gasteiger partial charge in [-0.15, -0.1) is 0 Å². The molecular formula is C27H28N2O3. The lowest BCUT2D eigenvalue weighted by molar-refractivity contribution is -0.132. The number of carbonyl (C=O) groups excluding carboxylic acids is 2. The van der Waals surface area contributed by atoms with Gasteiger partial charge in [0.15, 0.2) is 0 Å². The van der Waals surface area contributed by atoms with Crippen LogP contribution in [0.4, 0.5) is 0 Å². The zero-order chi connectivity index (χ0) is 22.7. The van der Waals surface area contributed by atoms with Crippen LogP contribution in [0.5, 0.6) is 5.75 Å². The summed E-state index contributed by atoms with van der Waals surface area (Å²) in [5.74, 6) is 0.424. The molecule has 0 unspecified atom stereocenters. The molecule has 0 saturated carbocycles. The molecule has 1 N–H and O–H groups in total. The topological polar surface area (TPSA) is 58.6 Å². The van der Waals surface area contributed by atoms with Crippen LogP contribution in [-0.2, 0) is 24.3 Å². The number of ether oxygens (including phenoxy) is 1. The van der Waals surface area contributed by atoms with Crippen LogP contribution in [0.2, 0.25) is 0 Å². The maximum absolute atomic E-state index is 13.6. The van der Waals surface area contributed by atoms with Crippen molar-refractivity contribution in [3.63, 3.8) is 0 Å². The minimum absolute atomic E-state index is 0.136. The summed E-state index contributed by atoms with van der Waals surface area (Å²) in [5.41, 5.74) is 3.63. The Morgan fingerprint density at radius 1 is 1.06 bits per heavy atom. The molecule has 1 heterocycles. The van der Waals surface area contributed by atoms with Crippen molar-refractivity contribution in [2.75, 3.05) is 7.11 Å². The second-order valence-corrected chi connectivity index (χ2v) is 8.46. The van der Waals surface area contributed by atoms with E-state index in [1.54, 1.807) is 12.0 Å². The lowest BCUT2D eigenvalue weighted by Gasteiger charge is -2.44. The van der Waals surface area contributed by atoms with Crippen molar-refractivity contribution in [3.8, 4) is 5.75 Å². The average Bonchev–Trinajstić information content (AvgIpc) is 2.81. The van der Waals surface area contributed by atoms with Crippen LogP contribution in [0.25, 0.3) is 0 Å². The standard InChI is InChI=1S/C27H28N2O3/c1-19-9-4-5-12-22(19)17-28-26(31)27(2)16-21-11-6-7-14-24(21)25(30)29(27)18-20-10-8-13-23(15-20)32-3/h4-15H,16-18H2,1-3H3,(H,28,31)/t27-/m1/s1. The number of rotatable bonds is 6. The van der Waals surface area contributed by atoms with Crippen LogP contribution in [0.1, 0.15) is 39.5 Å². The summed E-state index contributed by atoms with van der Waals surface area (Å²) < 4.78 is 5.34. The van der Waals surface area contributed by atoms with Gasteiger partial charge >= 0.3 is 0 Å². The molecule has 0 saturated heterocycles. The minimum atomic E-state index is -1.02. The van der Waals surface area contributed by atoms with Gasteiger partial charge in [-0.2, -0.15) is 0 Å². The fraction of sp³-hybridized carbons (Fsp3) is 0.259. The van der Waals surface area contributed by atoms with E-state index in [9.17, 15) is 9.59 Å². The molecule has 0 fully saturated rings. The Hall–Kier alpha value is -3.60. The third kappa shape index (κ3) is 4.11. The monoisotopic (exact) mass is 428 g/mol. The third-order valence-corrected chi connectivity index (χ3v) is 6.29. The van der Waals surface area contributed by atoms with E-state index in [4.69, 9.17) is 4.74 Å². The molecule has 164 valence electrons. The second kappa shape index (κ2) is 8.87. The largest absolute Gasteiger partial charge is 0.497 e. The number of benzene rings is 3. The van der Waals surface area contributed by atoms with E-state index < -0.39 is 5.54 Å². The number of methoxy groups -OCH3 is 1. The Kier molecular flexibility index (Phi) is 5.99. The van der Waals surface area contributed by atoms with Crippen molar-refractivity contribution in [3.05, 3.63) is 101 Å². The molecule has 5 nitrogen and oxygen atoms in total. The highest BCUT2D eigenvalue weighted by Crippen LogP contribution is 2.33. The molecule has 0 bridgehead atoms. The minimum Gasteiger partial charge on any atom is -0.497 e. The Balaban J connectivity index is 1.66. The zero-order valence-electron chi connectivity index (χ0n) is 18.7. The molecule has 1 aliphatic rings. The van der Waals surface area contributed by atoms with E-state index in [2.05, 4.69) is 5.32 Å². The Morgan fingerprint density at radius 3 is 2.59 bits per heavy atom.